The molecule has 1 saturated carbocycles. The molecule has 2 bridgehead atoms. The number of rotatable bonds is 9. The molecule has 4 unspecified atom stereocenters. The summed E-state index contributed by atoms with van der Waals surface area (Å²) in [6, 6.07) is 0. The van der Waals surface area contributed by atoms with Crippen molar-refractivity contribution in [3.8, 4) is 0 Å². The maximum absolute atomic E-state index is 12.4. The number of allylic oxidation sites excluding steroid dienone is 2. The van der Waals surface area contributed by atoms with Crippen LogP contribution in [0.3, 0.4) is 0 Å². The number of hydrogen-bond donors (Lipinski definition) is 2. The smallest absolute Gasteiger partial charge is 0.307 e. The Hall–Kier alpha value is -2.11. The van der Waals surface area contributed by atoms with Gasteiger partial charge in [-0.05, 0) is 31.1 Å². The Balaban J connectivity index is 1.32. The lowest BCUT2D eigenvalue weighted by Gasteiger charge is -2.23. The summed E-state index contributed by atoms with van der Waals surface area (Å²) in [4.78, 5) is 27.8. The SMILES string of the molecule is O=C(O)C1C2C=CC(C2)C1C(=O)NCCCCCCn1ccnc1. The van der Waals surface area contributed by atoms with E-state index in [2.05, 4.69) is 14.9 Å². The largest absolute Gasteiger partial charge is 0.481 e. The molecule has 2 aliphatic rings. The number of carboxylic acid groups (broad SMARTS) is 1. The molecular weight excluding hydrogens is 306 g/mol. The Kier molecular flexibility index (Phi) is 5.33. The van der Waals surface area contributed by atoms with Gasteiger partial charge in [0.2, 0.25) is 5.91 Å². The van der Waals surface area contributed by atoms with Gasteiger partial charge in [-0.1, -0.05) is 25.0 Å². The number of carbonyl (C=O) groups is 2. The van der Waals surface area contributed by atoms with Gasteiger partial charge in [0.15, 0.2) is 0 Å². The summed E-state index contributed by atoms with van der Waals surface area (Å²) in [5, 5.41) is 12.3. The van der Waals surface area contributed by atoms with Crippen molar-refractivity contribution in [1.29, 1.82) is 0 Å². The number of carbonyl (C=O) groups excluding carboxylic acids is 1. The van der Waals surface area contributed by atoms with Crippen LogP contribution in [-0.4, -0.2) is 33.1 Å². The first kappa shape index (κ1) is 16.7. The van der Waals surface area contributed by atoms with Crippen LogP contribution in [0.25, 0.3) is 0 Å². The number of aryl methyl sites for hydroxylation is 1. The number of unbranched alkanes of at least 4 members (excludes halogenated alkanes) is 3. The number of nitrogens with zero attached hydrogens (tertiary/aromatic N) is 2. The molecule has 2 N–H and O–H groups in total. The summed E-state index contributed by atoms with van der Waals surface area (Å²) in [6.07, 6.45) is 14.6. The van der Waals surface area contributed by atoms with E-state index in [0.29, 0.717) is 6.54 Å². The Bertz CT molecular complexity index is 597. The fourth-order valence-corrected chi connectivity index (χ4v) is 4.04. The third-order valence-corrected chi connectivity index (χ3v) is 5.25. The average Bonchev–Trinajstić information content (AvgIpc) is 3.29. The van der Waals surface area contributed by atoms with Crippen LogP contribution in [0, 0.1) is 23.7 Å². The highest BCUT2D eigenvalue weighted by molar-refractivity contribution is 5.86. The lowest BCUT2D eigenvalue weighted by Crippen LogP contribution is -2.40. The highest BCUT2D eigenvalue weighted by Gasteiger charge is 2.51. The summed E-state index contributed by atoms with van der Waals surface area (Å²) in [5.74, 6) is -1.73. The number of aromatic nitrogens is 2. The van der Waals surface area contributed by atoms with Crippen molar-refractivity contribution in [3.05, 3.63) is 30.9 Å². The third kappa shape index (κ3) is 3.68. The van der Waals surface area contributed by atoms with E-state index in [1.54, 1.807) is 6.20 Å². The molecule has 2 aliphatic carbocycles. The lowest BCUT2D eigenvalue weighted by atomic mass is 9.82. The van der Waals surface area contributed by atoms with Crippen LogP contribution in [0.5, 0.6) is 0 Å². The van der Waals surface area contributed by atoms with Gasteiger partial charge in [0.25, 0.3) is 0 Å². The maximum atomic E-state index is 12.4. The molecule has 6 nitrogen and oxygen atoms in total. The van der Waals surface area contributed by atoms with E-state index in [0.717, 1.165) is 38.6 Å². The second-order valence-electron chi connectivity index (χ2n) is 6.84. The first-order valence-corrected chi connectivity index (χ1v) is 8.81. The van der Waals surface area contributed by atoms with Crippen molar-refractivity contribution >= 4 is 11.9 Å². The number of hydrogen-bond acceptors (Lipinski definition) is 3. The summed E-state index contributed by atoms with van der Waals surface area (Å²) < 4.78 is 2.07. The Morgan fingerprint density at radius 2 is 1.88 bits per heavy atom. The minimum absolute atomic E-state index is 0.0337. The van der Waals surface area contributed by atoms with Crippen LogP contribution in [0.2, 0.25) is 0 Å². The first-order valence-electron chi connectivity index (χ1n) is 8.81. The monoisotopic (exact) mass is 331 g/mol. The standard InChI is InChI=1S/C18H25N3O3/c22-17(15-13-5-6-14(11-13)16(15)18(23)24)20-7-3-1-2-4-9-21-10-8-19-12-21/h5-6,8,10,12-16H,1-4,7,9,11H2,(H,20,22)(H,23,24). The van der Waals surface area contributed by atoms with Gasteiger partial charge >= 0.3 is 5.97 Å². The minimum atomic E-state index is -0.841. The molecule has 6 heteroatoms. The molecule has 4 atom stereocenters. The Morgan fingerprint density at radius 1 is 1.12 bits per heavy atom. The van der Waals surface area contributed by atoms with E-state index in [1.165, 1.54) is 0 Å². The molecule has 0 spiro atoms. The van der Waals surface area contributed by atoms with Crippen LogP contribution in [0.15, 0.2) is 30.9 Å². The van der Waals surface area contributed by atoms with Gasteiger partial charge in [0.1, 0.15) is 0 Å². The second-order valence-corrected chi connectivity index (χ2v) is 6.84. The summed E-state index contributed by atoms with van der Waals surface area (Å²) in [5.41, 5.74) is 0. The number of aliphatic carboxylic acids is 1. The zero-order valence-corrected chi connectivity index (χ0v) is 13.8. The normalized spacial score (nSPS) is 27.5. The van der Waals surface area contributed by atoms with Crippen molar-refractivity contribution < 1.29 is 14.7 Å². The van der Waals surface area contributed by atoms with E-state index in [1.807, 2.05) is 24.7 Å². The third-order valence-electron chi connectivity index (χ3n) is 5.25. The summed E-state index contributed by atoms with van der Waals surface area (Å²) >= 11 is 0. The highest BCUT2D eigenvalue weighted by Crippen LogP contribution is 2.48. The Morgan fingerprint density at radius 3 is 2.58 bits per heavy atom. The van der Waals surface area contributed by atoms with E-state index in [-0.39, 0.29) is 17.7 Å². The molecule has 0 aliphatic heterocycles. The van der Waals surface area contributed by atoms with Crippen LogP contribution in [0.4, 0.5) is 0 Å². The van der Waals surface area contributed by atoms with Crippen molar-refractivity contribution in [2.75, 3.05) is 6.54 Å². The van der Waals surface area contributed by atoms with Crippen LogP contribution < -0.4 is 5.32 Å². The molecule has 0 saturated heterocycles. The average molecular weight is 331 g/mol. The van der Waals surface area contributed by atoms with E-state index in [4.69, 9.17) is 0 Å². The van der Waals surface area contributed by atoms with Gasteiger partial charge < -0.3 is 15.0 Å². The molecular formula is C18H25N3O3. The molecule has 3 rings (SSSR count). The van der Waals surface area contributed by atoms with Gasteiger partial charge in [-0.2, -0.15) is 0 Å². The first-order chi connectivity index (χ1) is 11.7. The van der Waals surface area contributed by atoms with Crippen molar-refractivity contribution in [1.82, 2.24) is 14.9 Å². The molecule has 1 fully saturated rings. The molecule has 24 heavy (non-hydrogen) atoms. The Labute approximate surface area is 142 Å². The van der Waals surface area contributed by atoms with Crippen molar-refractivity contribution in [3.63, 3.8) is 0 Å². The maximum Gasteiger partial charge on any atom is 0.307 e. The number of fused-ring (bicyclic) bond motifs is 2. The topological polar surface area (TPSA) is 84.2 Å². The number of nitrogens with one attached hydrogen (secondary N) is 1. The predicted molar refractivity (Wildman–Crippen MR) is 89.1 cm³/mol. The molecule has 130 valence electrons. The molecule has 1 heterocycles. The number of carboxylic acids is 1. The van der Waals surface area contributed by atoms with Gasteiger partial charge in [-0.15, -0.1) is 0 Å². The number of amides is 1. The van der Waals surface area contributed by atoms with Crippen LogP contribution >= 0.6 is 0 Å². The number of imidazole rings is 1. The quantitative estimate of drug-likeness (QED) is 0.536. The fraction of sp³-hybridized carbons (Fsp3) is 0.611. The summed E-state index contributed by atoms with van der Waals surface area (Å²) in [7, 11) is 0. The highest BCUT2D eigenvalue weighted by atomic mass is 16.4. The van der Waals surface area contributed by atoms with Crippen molar-refractivity contribution in [2.45, 2.75) is 38.6 Å². The van der Waals surface area contributed by atoms with E-state index in [9.17, 15) is 14.7 Å². The zero-order valence-electron chi connectivity index (χ0n) is 13.8. The van der Waals surface area contributed by atoms with Gasteiger partial charge in [-0.3, -0.25) is 9.59 Å². The van der Waals surface area contributed by atoms with Crippen molar-refractivity contribution in [2.24, 2.45) is 23.7 Å². The predicted octanol–water partition coefficient (Wildman–Crippen LogP) is 2.08. The minimum Gasteiger partial charge on any atom is -0.481 e. The zero-order chi connectivity index (χ0) is 16.9. The van der Waals surface area contributed by atoms with Crippen LogP contribution in [-0.2, 0) is 16.1 Å². The molecule has 0 aromatic carbocycles. The summed E-state index contributed by atoms with van der Waals surface area (Å²) in [6.45, 7) is 1.61. The van der Waals surface area contributed by atoms with Gasteiger partial charge in [0, 0.05) is 25.5 Å². The molecule has 1 aromatic rings. The van der Waals surface area contributed by atoms with E-state index >= 15 is 0 Å². The second kappa shape index (κ2) is 7.64. The fourth-order valence-electron chi connectivity index (χ4n) is 4.04. The molecule has 0 radical (unpaired) electrons. The van der Waals surface area contributed by atoms with E-state index < -0.39 is 17.8 Å². The molecule has 1 amide bonds. The van der Waals surface area contributed by atoms with Crippen LogP contribution in [0.1, 0.15) is 32.1 Å². The van der Waals surface area contributed by atoms with Gasteiger partial charge in [-0.25, -0.2) is 4.98 Å². The van der Waals surface area contributed by atoms with Gasteiger partial charge in [0.05, 0.1) is 18.2 Å². The lowest BCUT2D eigenvalue weighted by molar-refractivity contribution is -0.147. The molecule has 1 aromatic heterocycles.